The lowest BCUT2D eigenvalue weighted by molar-refractivity contribution is 0.638. The van der Waals surface area contributed by atoms with Crippen molar-refractivity contribution in [2.45, 2.75) is 45.7 Å². The van der Waals surface area contributed by atoms with Gasteiger partial charge in [-0.05, 0) is 32.9 Å². The Morgan fingerprint density at radius 2 is 2.11 bits per heavy atom. The van der Waals surface area contributed by atoms with Crippen molar-refractivity contribution in [1.82, 2.24) is 9.78 Å². The van der Waals surface area contributed by atoms with Gasteiger partial charge in [0.1, 0.15) is 5.82 Å². The fourth-order valence-corrected chi connectivity index (χ4v) is 3.04. The summed E-state index contributed by atoms with van der Waals surface area (Å²) in [6.45, 7) is 6.47. The summed E-state index contributed by atoms with van der Waals surface area (Å²) in [4.78, 5) is 2.33. The Kier molecular flexibility index (Phi) is 6.20. The van der Waals surface area contributed by atoms with Gasteiger partial charge in [-0.25, -0.2) is 0 Å². The third kappa shape index (κ3) is 3.89. The zero-order valence-electron chi connectivity index (χ0n) is 13.1. The summed E-state index contributed by atoms with van der Waals surface area (Å²) < 4.78 is 1.99. The molecule has 0 saturated carbocycles. The van der Waals surface area contributed by atoms with Crippen LogP contribution in [-0.4, -0.2) is 40.9 Å². The van der Waals surface area contributed by atoms with E-state index in [1.54, 1.807) is 0 Å². The van der Waals surface area contributed by atoms with Crippen molar-refractivity contribution < 1.29 is 0 Å². The molecule has 5 heteroatoms. The molecule has 0 aliphatic heterocycles. The molecule has 1 rings (SSSR count). The fourth-order valence-electron chi connectivity index (χ4n) is 2.34. The smallest absolute Gasteiger partial charge is 0.130 e. The minimum absolute atomic E-state index is 0.214. The van der Waals surface area contributed by atoms with Crippen LogP contribution in [0.4, 0.5) is 5.82 Å². The summed E-state index contributed by atoms with van der Waals surface area (Å²) in [5, 5.41) is 4.57. The maximum absolute atomic E-state index is 6.13. The van der Waals surface area contributed by atoms with E-state index in [2.05, 4.69) is 44.1 Å². The molecule has 0 bridgehead atoms. The van der Waals surface area contributed by atoms with Crippen LogP contribution in [0.3, 0.4) is 0 Å². The van der Waals surface area contributed by atoms with Gasteiger partial charge in [-0.15, -0.1) is 0 Å². The average molecular weight is 284 g/mol. The molecule has 0 spiro atoms. The average Bonchev–Trinajstić information content (AvgIpc) is 2.63. The van der Waals surface area contributed by atoms with Gasteiger partial charge in [0.25, 0.3) is 0 Å². The first-order valence-electron chi connectivity index (χ1n) is 6.92. The zero-order valence-corrected chi connectivity index (χ0v) is 13.9. The number of hydrogen-bond acceptors (Lipinski definition) is 4. The molecule has 0 aliphatic carbocycles. The number of nitrogens with zero attached hydrogens (tertiary/aromatic N) is 3. The topological polar surface area (TPSA) is 47.1 Å². The van der Waals surface area contributed by atoms with Crippen LogP contribution in [0.15, 0.2) is 0 Å². The summed E-state index contributed by atoms with van der Waals surface area (Å²) in [6, 6.07) is 0.701. The van der Waals surface area contributed by atoms with Gasteiger partial charge in [0.05, 0.1) is 5.69 Å². The van der Waals surface area contributed by atoms with Gasteiger partial charge in [0.15, 0.2) is 0 Å². The van der Waals surface area contributed by atoms with Gasteiger partial charge in [0.2, 0.25) is 0 Å². The van der Waals surface area contributed by atoms with E-state index in [1.165, 1.54) is 11.4 Å². The van der Waals surface area contributed by atoms with Gasteiger partial charge in [-0.3, -0.25) is 4.68 Å². The Morgan fingerprint density at radius 1 is 1.47 bits per heavy atom. The highest BCUT2D eigenvalue weighted by molar-refractivity contribution is 7.98. The minimum atomic E-state index is 0.214. The Hall–Kier alpha value is -0.680. The van der Waals surface area contributed by atoms with Crippen LogP contribution in [0.25, 0.3) is 0 Å². The van der Waals surface area contributed by atoms with E-state index in [0.29, 0.717) is 6.04 Å². The van der Waals surface area contributed by atoms with Crippen molar-refractivity contribution in [2.75, 3.05) is 24.0 Å². The standard InChI is InChI=1S/C14H28N4S/c1-7-12(15)8-13-11(3)16-18(5)14(13)17(4)10(2)9-19-6/h10,12H,7-9,15H2,1-6H3. The third-order valence-electron chi connectivity index (χ3n) is 3.71. The molecule has 0 radical (unpaired) electrons. The van der Waals surface area contributed by atoms with Gasteiger partial charge in [-0.1, -0.05) is 6.92 Å². The summed E-state index contributed by atoms with van der Waals surface area (Å²) in [5.74, 6) is 2.32. The maximum Gasteiger partial charge on any atom is 0.130 e. The van der Waals surface area contributed by atoms with E-state index in [-0.39, 0.29) is 6.04 Å². The van der Waals surface area contributed by atoms with Crippen LogP contribution in [0, 0.1) is 6.92 Å². The first-order valence-corrected chi connectivity index (χ1v) is 8.31. The van der Waals surface area contributed by atoms with Crippen LogP contribution >= 0.6 is 11.8 Å². The molecule has 4 nitrogen and oxygen atoms in total. The molecule has 0 fully saturated rings. The molecule has 1 aromatic heterocycles. The van der Waals surface area contributed by atoms with E-state index in [4.69, 9.17) is 5.73 Å². The molecule has 0 aromatic carbocycles. The molecular weight excluding hydrogens is 256 g/mol. The second-order valence-corrected chi connectivity index (χ2v) is 6.21. The van der Waals surface area contributed by atoms with Crippen LogP contribution in [0.2, 0.25) is 0 Å². The highest BCUT2D eigenvalue weighted by atomic mass is 32.2. The third-order valence-corrected chi connectivity index (χ3v) is 4.52. The molecule has 2 atom stereocenters. The van der Waals surface area contributed by atoms with Crippen molar-refractivity contribution in [1.29, 1.82) is 0 Å². The van der Waals surface area contributed by atoms with Crippen molar-refractivity contribution in [2.24, 2.45) is 12.8 Å². The number of anilines is 1. The SMILES string of the molecule is CCC(N)Cc1c(C)nn(C)c1N(C)C(C)CSC. The Balaban J connectivity index is 3.04. The Morgan fingerprint density at radius 3 is 2.63 bits per heavy atom. The number of rotatable bonds is 7. The first kappa shape index (κ1) is 16.4. The monoisotopic (exact) mass is 284 g/mol. The van der Waals surface area contributed by atoms with Crippen LogP contribution < -0.4 is 10.6 Å². The maximum atomic E-state index is 6.13. The molecule has 19 heavy (non-hydrogen) atoms. The lowest BCUT2D eigenvalue weighted by Gasteiger charge is -2.28. The van der Waals surface area contributed by atoms with Crippen molar-refractivity contribution >= 4 is 17.6 Å². The molecule has 0 aliphatic rings. The van der Waals surface area contributed by atoms with Gasteiger partial charge in [-0.2, -0.15) is 16.9 Å². The summed E-state index contributed by atoms with van der Waals surface area (Å²) in [7, 11) is 4.17. The van der Waals surface area contributed by atoms with Crippen molar-refractivity contribution in [3.05, 3.63) is 11.3 Å². The van der Waals surface area contributed by atoms with Gasteiger partial charge < -0.3 is 10.6 Å². The second kappa shape index (κ2) is 7.20. The minimum Gasteiger partial charge on any atom is -0.356 e. The highest BCUT2D eigenvalue weighted by Crippen LogP contribution is 2.26. The molecule has 2 N–H and O–H groups in total. The molecule has 1 heterocycles. The van der Waals surface area contributed by atoms with Gasteiger partial charge >= 0.3 is 0 Å². The second-order valence-electron chi connectivity index (χ2n) is 5.30. The van der Waals surface area contributed by atoms with Crippen molar-refractivity contribution in [3.63, 3.8) is 0 Å². The number of aryl methyl sites for hydroxylation is 2. The Bertz CT molecular complexity index is 402. The molecular formula is C14H28N4S. The lowest BCUT2D eigenvalue weighted by atomic mass is 10.0. The number of aromatic nitrogens is 2. The fraction of sp³-hybridized carbons (Fsp3) is 0.786. The number of nitrogens with two attached hydrogens (primary N) is 1. The summed E-state index contributed by atoms with van der Waals surface area (Å²) >= 11 is 1.87. The van der Waals surface area contributed by atoms with Crippen LogP contribution in [0.5, 0.6) is 0 Å². The van der Waals surface area contributed by atoms with E-state index in [0.717, 1.165) is 24.3 Å². The van der Waals surface area contributed by atoms with Crippen LogP contribution in [0.1, 0.15) is 31.5 Å². The van der Waals surface area contributed by atoms with Gasteiger partial charge in [0, 0.05) is 37.5 Å². The van der Waals surface area contributed by atoms with Crippen LogP contribution in [-0.2, 0) is 13.5 Å². The molecule has 0 amide bonds. The zero-order chi connectivity index (χ0) is 14.6. The van der Waals surface area contributed by atoms with E-state index in [1.807, 2.05) is 23.5 Å². The molecule has 1 aromatic rings. The lowest BCUT2D eigenvalue weighted by Crippen LogP contribution is -2.33. The molecule has 110 valence electrons. The first-order chi connectivity index (χ1) is 8.92. The Labute approximate surface area is 121 Å². The molecule has 0 saturated heterocycles. The van der Waals surface area contributed by atoms with E-state index >= 15 is 0 Å². The molecule has 2 unspecified atom stereocenters. The summed E-state index contributed by atoms with van der Waals surface area (Å²) in [6.07, 6.45) is 4.05. The largest absolute Gasteiger partial charge is 0.356 e. The highest BCUT2D eigenvalue weighted by Gasteiger charge is 2.21. The number of thioether (sulfide) groups is 1. The van der Waals surface area contributed by atoms with Crippen molar-refractivity contribution in [3.8, 4) is 0 Å². The number of hydrogen-bond donors (Lipinski definition) is 1. The predicted octanol–water partition coefficient (Wildman–Crippen LogP) is 2.20. The predicted molar refractivity (Wildman–Crippen MR) is 86.2 cm³/mol. The quantitative estimate of drug-likeness (QED) is 0.834. The summed E-state index contributed by atoms with van der Waals surface area (Å²) in [5.41, 5.74) is 8.53. The normalized spacial score (nSPS) is 14.5. The van der Waals surface area contributed by atoms with E-state index in [9.17, 15) is 0 Å². The van der Waals surface area contributed by atoms with E-state index < -0.39 is 0 Å².